The molecule has 0 atom stereocenters. The molecule has 3 aromatic rings. The molecule has 0 aliphatic carbocycles. The minimum absolute atomic E-state index is 0.0488. The van der Waals surface area contributed by atoms with E-state index >= 15 is 0 Å². The van der Waals surface area contributed by atoms with Gasteiger partial charge in [0.2, 0.25) is 5.91 Å². The first kappa shape index (κ1) is 17.5. The van der Waals surface area contributed by atoms with E-state index in [-0.39, 0.29) is 13.1 Å². The Morgan fingerprint density at radius 1 is 1.27 bits per heavy atom. The fourth-order valence-electron chi connectivity index (χ4n) is 2.31. The molecule has 2 heterocycles. The van der Waals surface area contributed by atoms with Crippen molar-refractivity contribution in [3.8, 4) is 5.75 Å². The molecule has 2 aromatic heterocycles. The molecule has 1 aromatic carbocycles. The van der Waals surface area contributed by atoms with Crippen LogP contribution in [0.2, 0.25) is 0 Å². The fourth-order valence-corrected chi connectivity index (χ4v) is 2.31. The topological polar surface area (TPSA) is 77.6 Å². The lowest BCUT2D eigenvalue weighted by atomic mass is 10.2. The smallest absolute Gasteiger partial charge is 0.387 e. The van der Waals surface area contributed by atoms with Gasteiger partial charge < -0.3 is 10.1 Å². The van der Waals surface area contributed by atoms with Gasteiger partial charge in [-0.05, 0) is 29.8 Å². The molecule has 0 aliphatic heterocycles. The summed E-state index contributed by atoms with van der Waals surface area (Å²) in [5.74, 6) is -2.05. The van der Waals surface area contributed by atoms with Crippen LogP contribution < -0.4 is 15.7 Å². The van der Waals surface area contributed by atoms with Gasteiger partial charge in [0.15, 0.2) is 17.2 Å². The number of hydrogen-bond donors (Lipinski definition) is 1. The maximum absolute atomic E-state index is 13.6. The van der Waals surface area contributed by atoms with Crippen molar-refractivity contribution in [2.24, 2.45) is 0 Å². The number of carbonyl (C=O) groups excluding carboxylic acids is 1. The highest BCUT2D eigenvalue weighted by Gasteiger charge is 2.12. The Balaban J connectivity index is 1.62. The number of nitrogens with one attached hydrogen (secondary N) is 1. The lowest BCUT2D eigenvalue weighted by molar-refractivity contribution is -0.122. The Morgan fingerprint density at radius 3 is 2.77 bits per heavy atom. The summed E-state index contributed by atoms with van der Waals surface area (Å²) in [7, 11) is 0. The van der Waals surface area contributed by atoms with Crippen LogP contribution in [0.3, 0.4) is 0 Å². The SMILES string of the molecule is O=C(Cn1nc2ccccn2c1=O)NCc1ccc(OC(F)F)c(F)c1. The first-order valence-corrected chi connectivity index (χ1v) is 7.48. The third-order valence-corrected chi connectivity index (χ3v) is 3.48. The average Bonchev–Trinajstić information content (AvgIpc) is 2.91. The summed E-state index contributed by atoms with van der Waals surface area (Å²) in [6.07, 6.45) is 1.53. The predicted octanol–water partition coefficient (Wildman–Crippen LogP) is 1.55. The second-order valence-corrected chi connectivity index (χ2v) is 5.29. The van der Waals surface area contributed by atoms with E-state index in [4.69, 9.17) is 0 Å². The van der Waals surface area contributed by atoms with Gasteiger partial charge in [0.05, 0.1) is 0 Å². The molecular formula is C16H13F3N4O3. The number of rotatable bonds is 6. The van der Waals surface area contributed by atoms with Crippen molar-refractivity contribution in [2.75, 3.05) is 0 Å². The van der Waals surface area contributed by atoms with Crippen LogP contribution in [-0.4, -0.2) is 26.7 Å². The molecule has 0 aliphatic rings. The second-order valence-electron chi connectivity index (χ2n) is 5.29. The fraction of sp³-hybridized carbons (Fsp3) is 0.188. The van der Waals surface area contributed by atoms with Crippen LogP contribution in [0.4, 0.5) is 13.2 Å². The van der Waals surface area contributed by atoms with E-state index in [1.165, 1.54) is 16.7 Å². The lowest BCUT2D eigenvalue weighted by Crippen LogP contribution is -2.32. The molecule has 0 saturated carbocycles. The summed E-state index contributed by atoms with van der Waals surface area (Å²) in [5, 5.41) is 6.52. The van der Waals surface area contributed by atoms with Crippen LogP contribution in [-0.2, 0) is 17.9 Å². The number of pyridine rings is 1. The Bertz CT molecular complexity index is 1000. The van der Waals surface area contributed by atoms with Gasteiger partial charge in [-0.1, -0.05) is 12.1 Å². The molecule has 0 bridgehead atoms. The van der Waals surface area contributed by atoms with Crippen molar-refractivity contribution < 1.29 is 22.7 Å². The molecule has 10 heteroatoms. The zero-order valence-corrected chi connectivity index (χ0v) is 13.2. The van der Waals surface area contributed by atoms with Crippen LogP contribution in [0.25, 0.3) is 5.65 Å². The minimum atomic E-state index is -3.13. The molecule has 136 valence electrons. The monoisotopic (exact) mass is 366 g/mol. The number of halogens is 3. The van der Waals surface area contributed by atoms with Crippen LogP contribution in [0, 0.1) is 5.82 Å². The van der Waals surface area contributed by atoms with Crippen LogP contribution in [0.5, 0.6) is 5.75 Å². The number of carbonyl (C=O) groups is 1. The molecule has 26 heavy (non-hydrogen) atoms. The number of ether oxygens (including phenoxy) is 1. The predicted molar refractivity (Wildman–Crippen MR) is 84.3 cm³/mol. The van der Waals surface area contributed by atoms with Crippen LogP contribution >= 0.6 is 0 Å². The van der Waals surface area contributed by atoms with E-state index in [1.807, 2.05) is 0 Å². The van der Waals surface area contributed by atoms with Gasteiger partial charge >= 0.3 is 12.3 Å². The molecule has 1 N–H and O–H groups in total. The first-order chi connectivity index (χ1) is 12.4. The number of aromatic nitrogens is 3. The summed E-state index contributed by atoms with van der Waals surface area (Å²) in [4.78, 5) is 24.0. The number of amides is 1. The Labute approximate surface area is 144 Å². The van der Waals surface area contributed by atoms with Crippen LogP contribution in [0.15, 0.2) is 47.4 Å². The Kier molecular flexibility index (Phi) is 4.92. The molecule has 0 spiro atoms. The minimum Gasteiger partial charge on any atom is -0.432 e. The largest absolute Gasteiger partial charge is 0.432 e. The quantitative estimate of drug-likeness (QED) is 0.718. The first-order valence-electron chi connectivity index (χ1n) is 7.48. The lowest BCUT2D eigenvalue weighted by Gasteiger charge is -2.08. The third kappa shape index (κ3) is 3.85. The standard InChI is InChI=1S/C16H13F3N4O3/c17-11-7-10(4-5-12(11)26-15(18)19)8-20-14(24)9-23-16(25)22-6-2-1-3-13(22)21-23/h1-7,15H,8-9H2,(H,20,24). The third-order valence-electron chi connectivity index (χ3n) is 3.48. The van der Waals surface area contributed by atoms with Gasteiger partial charge in [0.25, 0.3) is 0 Å². The van der Waals surface area contributed by atoms with Gasteiger partial charge in [-0.3, -0.25) is 9.20 Å². The van der Waals surface area contributed by atoms with Crippen molar-refractivity contribution in [3.63, 3.8) is 0 Å². The zero-order valence-electron chi connectivity index (χ0n) is 13.2. The summed E-state index contributed by atoms with van der Waals surface area (Å²) >= 11 is 0. The highest BCUT2D eigenvalue weighted by atomic mass is 19.3. The van der Waals surface area contributed by atoms with Gasteiger partial charge in [-0.25, -0.2) is 13.9 Å². The van der Waals surface area contributed by atoms with E-state index in [1.54, 1.807) is 18.2 Å². The highest BCUT2D eigenvalue weighted by molar-refractivity contribution is 5.75. The molecule has 3 rings (SSSR count). The number of nitrogens with zero attached hydrogens (tertiary/aromatic N) is 3. The Hall–Kier alpha value is -3.30. The van der Waals surface area contributed by atoms with Gasteiger partial charge in [0.1, 0.15) is 6.54 Å². The number of alkyl halides is 2. The normalized spacial score (nSPS) is 11.1. The van der Waals surface area contributed by atoms with Crippen molar-refractivity contribution in [1.82, 2.24) is 19.5 Å². The van der Waals surface area contributed by atoms with Crippen molar-refractivity contribution in [2.45, 2.75) is 19.7 Å². The second kappa shape index (κ2) is 7.30. The molecule has 0 fully saturated rings. The van der Waals surface area contributed by atoms with E-state index in [0.29, 0.717) is 11.2 Å². The summed E-state index contributed by atoms with van der Waals surface area (Å²) in [6.45, 7) is -3.48. The van der Waals surface area contributed by atoms with Crippen molar-refractivity contribution >= 4 is 11.6 Å². The van der Waals surface area contributed by atoms with E-state index < -0.39 is 29.8 Å². The molecule has 1 amide bonds. The van der Waals surface area contributed by atoms with Gasteiger partial charge in [0, 0.05) is 12.7 Å². The van der Waals surface area contributed by atoms with Crippen molar-refractivity contribution in [1.29, 1.82) is 0 Å². The van der Waals surface area contributed by atoms with Gasteiger partial charge in [-0.2, -0.15) is 8.78 Å². The number of fused-ring (bicyclic) bond motifs is 1. The summed E-state index contributed by atoms with van der Waals surface area (Å²) in [6, 6.07) is 8.38. The van der Waals surface area contributed by atoms with Crippen LogP contribution in [0.1, 0.15) is 5.56 Å². The number of hydrogen-bond acceptors (Lipinski definition) is 4. The molecule has 0 saturated heterocycles. The maximum atomic E-state index is 13.6. The van der Waals surface area contributed by atoms with E-state index in [0.717, 1.165) is 16.8 Å². The summed E-state index contributed by atoms with van der Waals surface area (Å²) in [5.41, 5.74) is 0.289. The average molecular weight is 366 g/mol. The van der Waals surface area contributed by atoms with E-state index in [9.17, 15) is 22.8 Å². The maximum Gasteiger partial charge on any atom is 0.387 e. The van der Waals surface area contributed by atoms with Gasteiger partial charge in [-0.15, -0.1) is 5.10 Å². The molecule has 7 nitrogen and oxygen atoms in total. The number of benzene rings is 1. The highest BCUT2D eigenvalue weighted by Crippen LogP contribution is 2.20. The Morgan fingerprint density at radius 2 is 2.08 bits per heavy atom. The summed E-state index contributed by atoms with van der Waals surface area (Å²) < 4.78 is 44.1. The van der Waals surface area contributed by atoms with Crippen molar-refractivity contribution in [3.05, 3.63) is 64.5 Å². The van der Waals surface area contributed by atoms with E-state index in [2.05, 4.69) is 15.2 Å². The molecular weight excluding hydrogens is 353 g/mol. The zero-order chi connectivity index (χ0) is 18.7. The molecule has 0 unspecified atom stereocenters. The molecule has 0 radical (unpaired) electrons.